The molecule has 1 aromatic carbocycles. The van der Waals surface area contributed by atoms with E-state index in [0.29, 0.717) is 6.61 Å². The van der Waals surface area contributed by atoms with Gasteiger partial charge in [-0.1, -0.05) is 12.1 Å². The maximum atomic E-state index is 10.1. The minimum Gasteiger partial charge on any atom is -0.493 e. The Morgan fingerprint density at radius 2 is 1.95 bits per heavy atom. The Morgan fingerprint density at radius 3 is 2.67 bits per heavy atom. The molecule has 0 spiro atoms. The van der Waals surface area contributed by atoms with Gasteiger partial charge in [-0.05, 0) is 49.5 Å². The molecule has 4 nitrogen and oxygen atoms in total. The minimum absolute atomic E-state index is 0.0878. The van der Waals surface area contributed by atoms with Crippen LogP contribution in [-0.2, 0) is 11.2 Å². The molecule has 0 saturated heterocycles. The molecule has 0 saturated carbocycles. The lowest BCUT2D eigenvalue weighted by Crippen LogP contribution is -2.33. The Labute approximate surface area is 126 Å². The summed E-state index contributed by atoms with van der Waals surface area (Å²) in [5.74, 6) is 1.46. The highest BCUT2D eigenvalue weighted by atomic mass is 16.5. The third kappa shape index (κ3) is 3.99. The Morgan fingerprint density at radius 1 is 1.19 bits per heavy atom. The molecule has 0 aromatic heterocycles. The zero-order valence-corrected chi connectivity index (χ0v) is 13.0. The molecule has 0 fully saturated rings. The van der Waals surface area contributed by atoms with Crippen LogP contribution < -0.4 is 9.47 Å². The molecule has 1 aliphatic rings. The van der Waals surface area contributed by atoms with Gasteiger partial charge < -0.3 is 19.3 Å². The SMILES string of the molecule is COc1ccc(CCO[C@H]2CCC=C(C)[C@H]2O)cc1OC. The predicted molar refractivity (Wildman–Crippen MR) is 82.0 cm³/mol. The van der Waals surface area contributed by atoms with Crippen LogP contribution in [0.2, 0.25) is 0 Å². The first-order chi connectivity index (χ1) is 10.2. The summed E-state index contributed by atoms with van der Waals surface area (Å²) in [6.07, 6.45) is 4.17. The van der Waals surface area contributed by atoms with Crippen molar-refractivity contribution < 1.29 is 19.3 Å². The monoisotopic (exact) mass is 292 g/mol. The fraction of sp³-hybridized carbons (Fsp3) is 0.529. The summed E-state index contributed by atoms with van der Waals surface area (Å²) in [6, 6.07) is 5.87. The molecular formula is C17H24O4. The van der Waals surface area contributed by atoms with Gasteiger partial charge in [0.25, 0.3) is 0 Å². The highest BCUT2D eigenvalue weighted by Gasteiger charge is 2.23. The molecule has 1 aromatic rings. The van der Waals surface area contributed by atoms with Crippen molar-refractivity contribution in [3.05, 3.63) is 35.4 Å². The number of rotatable bonds is 6. The number of allylic oxidation sites excluding steroid dienone is 1. The van der Waals surface area contributed by atoms with E-state index >= 15 is 0 Å². The lowest BCUT2D eigenvalue weighted by molar-refractivity contribution is -0.0287. The largest absolute Gasteiger partial charge is 0.493 e. The summed E-state index contributed by atoms with van der Waals surface area (Å²) in [7, 11) is 3.26. The number of ether oxygens (including phenoxy) is 3. The van der Waals surface area contributed by atoms with Crippen LogP contribution in [0.25, 0.3) is 0 Å². The predicted octanol–water partition coefficient (Wildman–Crippen LogP) is 2.73. The van der Waals surface area contributed by atoms with Gasteiger partial charge in [0.1, 0.15) is 6.10 Å². The van der Waals surface area contributed by atoms with Crippen molar-refractivity contribution >= 4 is 0 Å². The maximum absolute atomic E-state index is 10.1. The average molecular weight is 292 g/mol. The van der Waals surface area contributed by atoms with E-state index < -0.39 is 6.10 Å². The van der Waals surface area contributed by atoms with Gasteiger partial charge in [0.15, 0.2) is 11.5 Å². The summed E-state index contributed by atoms with van der Waals surface area (Å²) >= 11 is 0. The van der Waals surface area contributed by atoms with Gasteiger partial charge in [0.2, 0.25) is 0 Å². The molecule has 116 valence electrons. The molecule has 0 heterocycles. The van der Waals surface area contributed by atoms with Crippen LogP contribution in [0.15, 0.2) is 29.8 Å². The highest BCUT2D eigenvalue weighted by Crippen LogP contribution is 2.28. The standard InChI is InChI=1S/C17H24O4/c1-12-5-4-6-15(17(12)18)21-10-9-13-7-8-14(19-2)16(11-13)20-3/h5,7-8,11,15,17-18H,4,6,9-10H2,1-3H3/t15-,17+/m0/s1. The van der Waals surface area contributed by atoms with E-state index in [1.165, 1.54) is 0 Å². The first-order valence-electron chi connectivity index (χ1n) is 7.33. The number of benzene rings is 1. The van der Waals surface area contributed by atoms with Gasteiger partial charge in [0.05, 0.1) is 26.9 Å². The highest BCUT2D eigenvalue weighted by molar-refractivity contribution is 5.42. The third-order valence-electron chi connectivity index (χ3n) is 3.91. The second-order valence-electron chi connectivity index (χ2n) is 5.32. The molecule has 2 rings (SSSR count). The van der Waals surface area contributed by atoms with E-state index in [1.807, 2.05) is 25.1 Å². The molecule has 21 heavy (non-hydrogen) atoms. The second-order valence-corrected chi connectivity index (χ2v) is 5.32. The summed E-state index contributed by atoms with van der Waals surface area (Å²) in [5.41, 5.74) is 2.14. The first-order valence-corrected chi connectivity index (χ1v) is 7.33. The lowest BCUT2D eigenvalue weighted by atomic mass is 9.95. The van der Waals surface area contributed by atoms with E-state index in [-0.39, 0.29) is 6.10 Å². The molecule has 0 aliphatic heterocycles. The van der Waals surface area contributed by atoms with E-state index in [1.54, 1.807) is 14.2 Å². The zero-order chi connectivity index (χ0) is 15.2. The minimum atomic E-state index is -0.468. The smallest absolute Gasteiger partial charge is 0.160 e. The lowest BCUT2D eigenvalue weighted by Gasteiger charge is -2.27. The van der Waals surface area contributed by atoms with E-state index in [2.05, 4.69) is 6.08 Å². The van der Waals surface area contributed by atoms with Crippen molar-refractivity contribution in [3.8, 4) is 11.5 Å². The van der Waals surface area contributed by atoms with Crippen LogP contribution in [0.5, 0.6) is 11.5 Å². The fourth-order valence-corrected chi connectivity index (χ4v) is 2.59. The van der Waals surface area contributed by atoms with Crippen LogP contribution in [0.1, 0.15) is 25.3 Å². The molecule has 0 bridgehead atoms. The summed E-state index contributed by atoms with van der Waals surface area (Å²) in [6.45, 7) is 2.54. The molecule has 1 aliphatic carbocycles. The van der Waals surface area contributed by atoms with Gasteiger partial charge >= 0.3 is 0 Å². The quantitative estimate of drug-likeness (QED) is 0.819. The number of aliphatic hydroxyl groups excluding tert-OH is 1. The number of hydrogen-bond donors (Lipinski definition) is 1. The van der Waals surface area contributed by atoms with Gasteiger partial charge in [-0.2, -0.15) is 0 Å². The topological polar surface area (TPSA) is 47.9 Å². The molecule has 2 atom stereocenters. The van der Waals surface area contributed by atoms with Crippen molar-refractivity contribution in [1.29, 1.82) is 0 Å². The van der Waals surface area contributed by atoms with Crippen molar-refractivity contribution in [2.24, 2.45) is 0 Å². The number of aliphatic hydroxyl groups is 1. The zero-order valence-electron chi connectivity index (χ0n) is 13.0. The van der Waals surface area contributed by atoms with Crippen molar-refractivity contribution in [2.45, 2.75) is 38.4 Å². The van der Waals surface area contributed by atoms with Crippen molar-refractivity contribution in [3.63, 3.8) is 0 Å². The Kier molecular flexibility index (Phi) is 5.65. The van der Waals surface area contributed by atoms with E-state index in [4.69, 9.17) is 14.2 Å². The van der Waals surface area contributed by atoms with Gasteiger partial charge in [0, 0.05) is 0 Å². The number of hydrogen-bond acceptors (Lipinski definition) is 4. The average Bonchev–Trinajstić information content (AvgIpc) is 2.51. The molecule has 4 heteroatoms. The normalized spacial score (nSPS) is 21.8. The Hall–Kier alpha value is -1.52. The van der Waals surface area contributed by atoms with E-state index in [0.717, 1.165) is 41.9 Å². The van der Waals surface area contributed by atoms with Gasteiger partial charge in [-0.3, -0.25) is 0 Å². The van der Waals surface area contributed by atoms with Gasteiger partial charge in [-0.15, -0.1) is 0 Å². The molecular weight excluding hydrogens is 268 g/mol. The van der Waals surface area contributed by atoms with Crippen molar-refractivity contribution in [1.82, 2.24) is 0 Å². The molecule has 0 amide bonds. The maximum Gasteiger partial charge on any atom is 0.160 e. The first kappa shape index (κ1) is 15.9. The van der Waals surface area contributed by atoms with Crippen LogP contribution in [0.3, 0.4) is 0 Å². The molecule has 0 unspecified atom stereocenters. The second kappa shape index (κ2) is 7.48. The third-order valence-corrected chi connectivity index (χ3v) is 3.91. The van der Waals surface area contributed by atoms with Crippen molar-refractivity contribution in [2.75, 3.05) is 20.8 Å². The fourth-order valence-electron chi connectivity index (χ4n) is 2.59. The van der Waals surface area contributed by atoms with Crippen LogP contribution in [0.4, 0.5) is 0 Å². The van der Waals surface area contributed by atoms with Crippen LogP contribution in [0, 0.1) is 0 Å². The van der Waals surface area contributed by atoms with Gasteiger partial charge in [-0.25, -0.2) is 0 Å². The Bertz CT molecular complexity index is 496. The number of methoxy groups -OCH3 is 2. The molecule has 0 radical (unpaired) electrons. The van der Waals surface area contributed by atoms with E-state index in [9.17, 15) is 5.11 Å². The van der Waals surface area contributed by atoms with Crippen LogP contribution in [-0.4, -0.2) is 38.1 Å². The Balaban J connectivity index is 1.87. The summed E-state index contributed by atoms with van der Waals surface area (Å²) < 4.78 is 16.3. The summed E-state index contributed by atoms with van der Waals surface area (Å²) in [5, 5.41) is 10.1. The molecule has 1 N–H and O–H groups in total. The van der Waals surface area contributed by atoms with Crippen LogP contribution >= 0.6 is 0 Å². The summed E-state index contributed by atoms with van der Waals surface area (Å²) in [4.78, 5) is 0.